The third-order valence-corrected chi connectivity index (χ3v) is 5.14. The summed E-state index contributed by atoms with van der Waals surface area (Å²) in [5, 5.41) is 8.51. The molecule has 1 aliphatic carbocycles. The molecule has 128 valence electrons. The predicted molar refractivity (Wildman–Crippen MR) is 88.9 cm³/mol. The minimum absolute atomic E-state index is 0.00262. The lowest BCUT2D eigenvalue weighted by atomic mass is 10.2. The van der Waals surface area contributed by atoms with E-state index in [1.54, 1.807) is 0 Å². The fourth-order valence-corrected chi connectivity index (χ4v) is 3.60. The van der Waals surface area contributed by atoms with Gasteiger partial charge in [-0.25, -0.2) is 0 Å². The van der Waals surface area contributed by atoms with Crippen molar-refractivity contribution in [2.45, 2.75) is 64.5 Å². The Morgan fingerprint density at radius 1 is 1.38 bits per heavy atom. The Bertz CT molecular complexity index is 744. The second kappa shape index (κ2) is 6.07. The third-order valence-electron chi connectivity index (χ3n) is 5.14. The molecule has 1 saturated carbocycles. The number of hydrogen-bond acceptors (Lipinski definition) is 4. The van der Waals surface area contributed by atoms with Gasteiger partial charge in [-0.3, -0.25) is 9.48 Å². The van der Waals surface area contributed by atoms with Crippen LogP contribution in [-0.4, -0.2) is 38.4 Å². The predicted octanol–water partition coefficient (Wildman–Crippen LogP) is 2.92. The summed E-state index contributed by atoms with van der Waals surface area (Å²) < 4.78 is 7.65. The molecule has 0 spiro atoms. The van der Waals surface area contributed by atoms with Crippen LogP contribution < -0.4 is 0 Å². The highest BCUT2D eigenvalue weighted by Gasteiger charge is 2.32. The Morgan fingerprint density at radius 2 is 2.21 bits per heavy atom. The fourth-order valence-electron chi connectivity index (χ4n) is 3.60. The van der Waals surface area contributed by atoms with Gasteiger partial charge in [0.2, 0.25) is 0 Å². The van der Waals surface area contributed by atoms with Crippen molar-refractivity contribution < 1.29 is 9.21 Å². The van der Waals surface area contributed by atoms with E-state index in [0.29, 0.717) is 18.2 Å². The minimum Gasteiger partial charge on any atom is -0.456 e. The van der Waals surface area contributed by atoms with Gasteiger partial charge in [-0.05, 0) is 44.2 Å². The van der Waals surface area contributed by atoms with Gasteiger partial charge in [-0.2, -0.15) is 0 Å². The number of rotatable bonds is 5. The van der Waals surface area contributed by atoms with Crippen molar-refractivity contribution in [2.75, 3.05) is 6.54 Å². The van der Waals surface area contributed by atoms with Crippen molar-refractivity contribution in [3.05, 3.63) is 35.0 Å². The van der Waals surface area contributed by atoms with Crippen molar-refractivity contribution in [1.29, 1.82) is 0 Å². The largest absolute Gasteiger partial charge is 0.456 e. The average Bonchev–Trinajstić information content (AvgIpc) is 2.98. The van der Waals surface area contributed by atoms with Crippen LogP contribution in [0.2, 0.25) is 0 Å². The third kappa shape index (κ3) is 2.85. The molecule has 0 aromatic carbocycles. The summed E-state index contributed by atoms with van der Waals surface area (Å²) in [5.74, 6) is 1.98. The van der Waals surface area contributed by atoms with Crippen LogP contribution in [-0.2, 0) is 13.0 Å². The topological polar surface area (TPSA) is 64.2 Å². The lowest BCUT2D eigenvalue weighted by Gasteiger charge is -2.23. The second-order valence-corrected chi connectivity index (χ2v) is 7.00. The van der Waals surface area contributed by atoms with Crippen LogP contribution in [0.25, 0.3) is 0 Å². The van der Waals surface area contributed by atoms with Crippen molar-refractivity contribution in [1.82, 2.24) is 19.9 Å². The van der Waals surface area contributed by atoms with E-state index < -0.39 is 0 Å². The second-order valence-electron chi connectivity index (χ2n) is 7.00. The summed E-state index contributed by atoms with van der Waals surface area (Å²) in [6.07, 6.45) is 7.34. The summed E-state index contributed by atoms with van der Waals surface area (Å²) in [7, 11) is 0. The maximum Gasteiger partial charge on any atom is 0.289 e. The van der Waals surface area contributed by atoms with E-state index in [2.05, 4.69) is 10.3 Å². The average molecular weight is 328 g/mol. The molecule has 1 saturated heterocycles. The van der Waals surface area contributed by atoms with Crippen molar-refractivity contribution >= 4 is 5.91 Å². The molecule has 0 unspecified atom stereocenters. The Morgan fingerprint density at radius 3 is 2.92 bits per heavy atom. The molecule has 4 rings (SSSR count). The van der Waals surface area contributed by atoms with Gasteiger partial charge < -0.3 is 9.32 Å². The molecule has 1 atom stereocenters. The zero-order valence-corrected chi connectivity index (χ0v) is 14.4. The highest BCUT2D eigenvalue weighted by Crippen LogP contribution is 2.38. The van der Waals surface area contributed by atoms with Crippen molar-refractivity contribution in [3.8, 4) is 0 Å². The summed E-state index contributed by atoms with van der Waals surface area (Å²) in [4.78, 5) is 14.8. The maximum absolute atomic E-state index is 12.8. The lowest BCUT2D eigenvalue weighted by Crippen LogP contribution is -2.38. The van der Waals surface area contributed by atoms with E-state index >= 15 is 0 Å². The first-order chi connectivity index (χ1) is 11.7. The molecule has 6 nitrogen and oxygen atoms in total. The highest BCUT2D eigenvalue weighted by atomic mass is 16.4. The van der Waals surface area contributed by atoms with Gasteiger partial charge in [-0.15, -0.1) is 5.10 Å². The molecule has 1 aliphatic heterocycles. The Kier molecular flexibility index (Phi) is 3.90. The SMILES string of the molecule is CCc1oc(C(=O)N2CCC[C@H]2Cn2cc(C3CC3)nn2)cc1C. The zero-order valence-electron chi connectivity index (χ0n) is 14.4. The summed E-state index contributed by atoms with van der Waals surface area (Å²) >= 11 is 0. The van der Waals surface area contributed by atoms with Crippen LogP contribution >= 0.6 is 0 Å². The fraction of sp³-hybridized carbons (Fsp3) is 0.611. The number of amides is 1. The lowest BCUT2D eigenvalue weighted by molar-refractivity contribution is 0.0687. The van der Waals surface area contributed by atoms with E-state index in [-0.39, 0.29) is 11.9 Å². The van der Waals surface area contributed by atoms with Crippen LogP contribution in [0.1, 0.15) is 66.1 Å². The van der Waals surface area contributed by atoms with E-state index in [1.807, 2.05) is 35.7 Å². The van der Waals surface area contributed by atoms with E-state index in [4.69, 9.17) is 4.42 Å². The Labute approximate surface area is 141 Å². The van der Waals surface area contributed by atoms with Crippen LogP contribution in [0.4, 0.5) is 0 Å². The number of nitrogens with zero attached hydrogens (tertiary/aromatic N) is 4. The minimum atomic E-state index is 0.00262. The molecule has 0 N–H and O–H groups in total. The molecule has 2 aromatic heterocycles. The standard InChI is InChI=1S/C18H24N4O2/c1-3-16-12(2)9-17(24-16)18(23)22-8-4-5-14(22)10-21-11-15(19-20-21)13-6-7-13/h9,11,13-14H,3-8,10H2,1-2H3/t14-/m0/s1. The van der Waals surface area contributed by atoms with Crippen LogP contribution in [0, 0.1) is 6.92 Å². The van der Waals surface area contributed by atoms with Gasteiger partial charge >= 0.3 is 0 Å². The number of carbonyl (C=O) groups is 1. The molecule has 3 heterocycles. The molecule has 0 radical (unpaired) electrons. The normalized spacial score (nSPS) is 20.8. The van der Waals surface area contributed by atoms with Gasteiger partial charge in [0, 0.05) is 25.1 Å². The number of furan rings is 1. The Balaban J connectivity index is 1.47. The van der Waals surface area contributed by atoms with Crippen LogP contribution in [0.15, 0.2) is 16.7 Å². The van der Waals surface area contributed by atoms with E-state index in [0.717, 1.165) is 42.8 Å². The van der Waals surface area contributed by atoms with Gasteiger partial charge in [-0.1, -0.05) is 12.1 Å². The quantitative estimate of drug-likeness (QED) is 0.846. The molecule has 2 aromatic rings. The Hall–Kier alpha value is -2.11. The van der Waals surface area contributed by atoms with Gasteiger partial charge in [0.1, 0.15) is 5.76 Å². The highest BCUT2D eigenvalue weighted by molar-refractivity contribution is 5.92. The molecule has 24 heavy (non-hydrogen) atoms. The van der Waals surface area contributed by atoms with E-state index in [1.165, 1.54) is 12.8 Å². The number of hydrogen-bond donors (Lipinski definition) is 0. The van der Waals surface area contributed by atoms with Crippen LogP contribution in [0.5, 0.6) is 0 Å². The number of likely N-dealkylation sites (tertiary alicyclic amines) is 1. The van der Waals surface area contributed by atoms with Gasteiger partial charge in [0.15, 0.2) is 5.76 Å². The van der Waals surface area contributed by atoms with Crippen molar-refractivity contribution in [3.63, 3.8) is 0 Å². The monoisotopic (exact) mass is 328 g/mol. The molecule has 0 bridgehead atoms. The van der Waals surface area contributed by atoms with Crippen LogP contribution in [0.3, 0.4) is 0 Å². The smallest absolute Gasteiger partial charge is 0.289 e. The first kappa shape index (κ1) is 15.4. The molecule has 1 amide bonds. The van der Waals surface area contributed by atoms with Gasteiger partial charge in [0.25, 0.3) is 5.91 Å². The summed E-state index contributed by atoms with van der Waals surface area (Å²) in [6.45, 7) is 5.54. The van der Waals surface area contributed by atoms with Gasteiger partial charge in [0.05, 0.1) is 18.3 Å². The number of aromatic nitrogens is 3. The molecule has 2 fully saturated rings. The molecule has 2 aliphatic rings. The molecular weight excluding hydrogens is 304 g/mol. The van der Waals surface area contributed by atoms with Crippen molar-refractivity contribution in [2.24, 2.45) is 0 Å². The first-order valence-corrected chi connectivity index (χ1v) is 8.96. The number of carbonyl (C=O) groups excluding carboxylic acids is 1. The first-order valence-electron chi connectivity index (χ1n) is 8.96. The maximum atomic E-state index is 12.8. The summed E-state index contributed by atoms with van der Waals surface area (Å²) in [5.41, 5.74) is 2.15. The summed E-state index contributed by atoms with van der Waals surface area (Å²) in [6, 6.07) is 2.04. The zero-order chi connectivity index (χ0) is 16.7. The molecular formula is C18H24N4O2. The van der Waals surface area contributed by atoms with E-state index in [9.17, 15) is 4.79 Å². The molecule has 6 heteroatoms. The number of aryl methyl sites for hydroxylation is 2.